The Hall–Kier alpha value is -1.93. The summed E-state index contributed by atoms with van der Waals surface area (Å²) in [7, 11) is 0. The van der Waals surface area contributed by atoms with E-state index in [9.17, 15) is 14.7 Å². The molecule has 0 amide bonds. The fraction of sp³-hybridized carbons (Fsp3) is 0.364. The largest absolute Gasteiger partial charge is 0.492 e. The van der Waals surface area contributed by atoms with Crippen molar-refractivity contribution in [2.75, 3.05) is 0 Å². The van der Waals surface area contributed by atoms with E-state index < -0.39 is 11.3 Å². The van der Waals surface area contributed by atoms with Gasteiger partial charge in [0.2, 0.25) is 11.1 Å². The number of nitrogens with zero attached hydrogens (tertiary/aromatic N) is 4. The van der Waals surface area contributed by atoms with Crippen LogP contribution in [0.4, 0.5) is 0 Å². The lowest BCUT2D eigenvalue weighted by Crippen LogP contribution is -2.20. The average molecular weight is 335 g/mol. The number of hydrogen-bond acceptors (Lipinski definition) is 7. The van der Waals surface area contributed by atoms with Crippen LogP contribution in [0, 0.1) is 0 Å². The lowest BCUT2D eigenvalue weighted by atomic mass is 10.2. The normalized spacial score (nSPS) is 11.7. The Balaban J connectivity index is 0.00000220. The minimum atomic E-state index is -0.537. The van der Waals surface area contributed by atoms with Gasteiger partial charge >= 0.3 is 0 Å². The second-order valence-corrected chi connectivity index (χ2v) is 4.44. The summed E-state index contributed by atoms with van der Waals surface area (Å²) < 4.78 is 6.50. The van der Waals surface area contributed by atoms with Gasteiger partial charge in [-0.1, -0.05) is 0 Å². The lowest BCUT2D eigenvalue weighted by molar-refractivity contribution is -0.135. The second kappa shape index (κ2) is 7.75. The Bertz CT molecular complexity index is 634. The van der Waals surface area contributed by atoms with Crippen LogP contribution in [0.1, 0.15) is 12.8 Å². The predicted molar refractivity (Wildman–Crippen MR) is 75.3 cm³/mol. The van der Waals surface area contributed by atoms with Crippen molar-refractivity contribution in [2.24, 2.45) is 0 Å². The van der Waals surface area contributed by atoms with Gasteiger partial charge in [-0.2, -0.15) is 4.98 Å². The number of carbonyl (C=O) groups excluding carboxylic acids is 2. The third-order valence-corrected chi connectivity index (χ3v) is 2.88. The summed E-state index contributed by atoms with van der Waals surface area (Å²) in [5.41, 5.74) is 0.667. The van der Waals surface area contributed by atoms with E-state index in [2.05, 4.69) is 15.0 Å². The highest BCUT2D eigenvalue weighted by Gasteiger charge is 2.16. The van der Waals surface area contributed by atoms with Gasteiger partial charge in [0.25, 0.3) is 6.47 Å². The zero-order chi connectivity index (χ0) is 14.5. The van der Waals surface area contributed by atoms with E-state index >= 15 is 0 Å². The van der Waals surface area contributed by atoms with Crippen molar-refractivity contribution in [1.82, 2.24) is 19.5 Å². The van der Waals surface area contributed by atoms with Gasteiger partial charge in [0.15, 0.2) is 11.2 Å². The Kier molecular flexibility index (Phi) is 6.32. The molecule has 21 heavy (non-hydrogen) atoms. The van der Waals surface area contributed by atoms with Crippen LogP contribution in [0.15, 0.2) is 12.7 Å². The summed E-state index contributed by atoms with van der Waals surface area (Å²) in [6.07, 6.45) is 2.49. The summed E-state index contributed by atoms with van der Waals surface area (Å²) in [4.78, 5) is 32.8. The molecule has 0 aliphatic rings. The van der Waals surface area contributed by atoms with Crippen LogP contribution < -0.4 is 0 Å². The van der Waals surface area contributed by atoms with Gasteiger partial charge in [0.05, 0.1) is 12.9 Å². The van der Waals surface area contributed by atoms with Gasteiger partial charge in [-0.3, -0.25) is 9.59 Å². The van der Waals surface area contributed by atoms with E-state index in [0.717, 1.165) is 0 Å². The molecule has 1 N–H and O–H groups in total. The van der Waals surface area contributed by atoms with Crippen LogP contribution in [-0.4, -0.2) is 42.4 Å². The molecular formula is C11H12Cl2N4O4. The van der Waals surface area contributed by atoms with Crippen molar-refractivity contribution in [3.63, 3.8) is 0 Å². The summed E-state index contributed by atoms with van der Waals surface area (Å²) in [6.45, 7) is 0.560. The summed E-state index contributed by atoms with van der Waals surface area (Å²) in [6, 6.07) is 0. The Labute approximate surface area is 130 Å². The molecule has 2 aromatic heterocycles. The molecule has 0 bridgehead atoms. The van der Waals surface area contributed by atoms with Crippen LogP contribution in [0.25, 0.3) is 11.2 Å². The zero-order valence-corrected chi connectivity index (χ0v) is 12.3. The number of aromatic nitrogens is 4. The van der Waals surface area contributed by atoms with Crippen LogP contribution in [0.3, 0.4) is 0 Å². The number of hydrogen-bond donors (Lipinski definition) is 1. The highest BCUT2D eigenvalue weighted by atomic mass is 35.5. The number of ether oxygens (including phenoxy) is 1. The zero-order valence-electron chi connectivity index (χ0n) is 10.7. The third kappa shape index (κ3) is 4.27. The van der Waals surface area contributed by atoms with Crippen molar-refractivity contribution in [3.8, 4) is 5.88 Å². The van der Waals surface area contributed by atoms with Crippen molar-refractivity contribution < 1.29 is 19.4 Å². The van der Waals surface area contributed by atoms with Gasteiger partial charge in [-0.25, -0.2) is 9.97 Å². The maximum Gasteiger partial charge on any atom is 0.293 e. The molecule has 1 atom stereocenters. The average Bonchev–Trinajstić information content (AvgIpc) is 2.81. The van der Waals surface area contributed by atoms with E-state index in [4.69, 9.17) is 16.3 Å². The molecule has 2 aromatic rings. The molecule has 0 saturated heterocycles. The fourth-order valence-corrected chi connectivity index (χ4v) is 1.89. The smallest absolute Gasteiger partial charge is 0.293 e. The number of halogens is 2. The third-order valence-electron chi connectivity index (χ3n) is 2.69. The number of carbonyl (C=O) groups is 2. The lowest BCUT2D eigenvalue weighted by Gasteiger charge is -2.14. The molecule has 0 aliphatic carbocycles. The van der Waals surface area contributed by atoms with Gasteiger partial charge in [0, 0.05) is 6.42 Å². The molecule has 1 unspecified atom stereocenters. The van der Waals surface area contributed by atoms with Crippen LogP contribution >= 0.6 is 24.0 Å². The molecule has 0 aromatic carbocycles. The molecule has 10 heteroatoms. The number of aromatic hydroxyl groups is 1. The van der Waals surface area contributed by atoms with E-state index in [1.807, 2.05) is 0 Å². The molecule has 2 rings (SSSR count). The summed E-state index contributed by atoms with van der Waals surface area (Å²) in [5.74, 6) is -0.224. The van der Waals surface area contributed by atoms with Gasteiger partial charge in [-0.15, -0.1) is 12.4 Å². The van der Waals surface area contributed by atoms with Crippen molar-refractivity contribution in [2.45, 2.75) is 25.5 Å². The summed E-state index contributed by atoms with van der Waals surface area (Å²) >= 11 is 5.26. The minimum Gasteiger partial charge on any atom is -0.492 e. The van der Waals surface area contributed by atoms with Crippen molar-refractivity contribution >= 4 is 46.9 Å². The number of rotatable bonds is 7. The van der Waals surface area contributed by atoms with Crippen molar-refractivity contribution in [3.05, 3.63) is 12.7 Å². The molecule has 0 radical (unpaired) electrons. The molecule has 0 aliphatic heterocycles. The number of imidazole rings is 1. The molecule has 8 nitrogen and oxygen atoms in total. The van der Waals surface area contributed by atoms with Crippen molar-refractivity contribution in [1.29, 1.82) is 0 Å². The monoisotopic (exact) mass is 334 g/mol. The van der Waals surface area contributed by atoms with E-state index in [1.165, 1.54) is 12.7 Å². The number of fused-ring (bicyclic) bond motifs is 1. The first kappa shape index (κ1) is 17.1. The predicted octanol–water partition coefficient (Wildman–Crippen LogP) is 1.04. The topological polar surface area (TPSA) is 107 Å². The highest BCUT2D eigenvalue weighted by molar-refractivity contribution is 6.63. The first-order valence-corrected chi connectivity index (χ1v) is 6.12. The van der Waals surface area contributed by atoms with E-state index in [-0.39, 0.29) is 43.2 Å². The van der Waals surface area contributed by atoms with E-state index in [0.29, 0.717) is 12.1 Å². The van der Waals surface area contributed by atoms with Gasteiger partial charge in [-0.05, 0) is 18.0 Å². The Morgan fingerprint density at radius 2 is 2.24 bits per heavy atom. The molecule has 114 valence electrons. The molecule has 0 fully saturated rings. The second-order valence-electron chi connectivity index (χ2n) is 4.01. The summed E-state index contributed by atoms with van der Waals surface area (Å²) in [5, 5.41) is 9.02. The standard InChI is InChI=1S/C11H11ClN4O4.ClH/c12-8(18)2-1-7(20-6-17)3-16-5-15-9-10(16)13-4-14-11(9)19;/h4-7H,1-3H2,(H,13,14,19);1H. The first-order valence-electron chi connectivity index (χ1n) is 5.74. The Morgan fingerprint density at radius 3 is 2.90 bits per heavy atom. The SMILES string of the molecule is Cl.O=COC(CCC(=O)Cl)Cn1cnc2c(O)ncnc21. The molecule has 2 heterocycles. The van der Waals surface area contributed by atoms with Gasteiger partial charge in [0.1, 0.15) is 12.4 Å². The maximum atomic E-state index is 10.8. The van der Waals surface area contributed by atoms with Crippen LogP contribution in [0.5, 0.6) is 5.88 Å². The minimum absolute atomic E-state index is 0. The maximum absolute atomic E-state index is 10.8. The Morgan fingerprint density at radius 1 is 1.48 bits per heavy atom. The van der Waals surface area contributed by atoms with Gasteiger partial charge < -0.3 is 14.4 Å². The van der Waals surface area contributed by atoms with E-state index in [1.54, 1.807) is 4.57 Å². The molecule has 0 spiro atoms. The molecular weight excluding hydrogens is 323 g/mol. The highest BCUT2D eigenvalue weighted by Crippen LogP contribution is 2.18. The van der Waals surface area contributed by atoms with Crippen LogP contribution in [-0.2, 0) is 20.9 Å². The fourth-order valence-electron chi connectivity index (χ4n) is 1.78. The molecule has 0 saturated carbocycles. The van der Waals surface area contributed by atoms with Crippen LogP contribution in [0.2, 0.25) is 0 Å². The quantitative estimate of drug-likeness (QED) is 0.595. The first-order chi connectivity index (χ1) is 9.61.